The standard InChI is InChI=1S/C22H30N2O5S/c1-5-14(2)20(30-15(3)25)21(27)23-13-19(26)24-17(16-9-7-6-8-10-16)11-12-18(24)22(28)29-4/h6-10,14,17-18,20H,5,11-13H2,1-4H3,(H,23,27)/t14-,17+,18-,20-/m0/s1. The molecule has 0 spiro atoms. The van der Waals surface area contributed by atoms with Crippen LogP contribution >= 0.6 is 11.8 Å². The summed E-state index contributed by atoms with van der Waals surface area (Å²) >= 11 is 0.981. The van der Waals surface area contributed by atoms with Gasteiger partial charge in [0.05, 0.1) is 24.9 Å². The molecule has 1 aromatic carbocycles. The number of ether oxygens (including phenoxy) is 1. The minimum atomic E-state index is -0.679. The number of likely N-dealkylation sites (tertiary alicyclic amines) is 1. The van der Waals surface area contributed by atoms with Crippen LogP contribution in [0.2, 0.25) is 0 Å². The summed E-state index contributed by atoms with van der Waals surface area (Å²) in [6.45, 7) is 5.04. The number of nitrogens with zero attached hydrogens (tertiary/aromatic N) is 1. The minimum absolute atomic E-state index is 0.0133. The second-order valence-corrected chi connectivity index (χ2v) is 8.80. The number of esters is 1. The molecule has 1 fully saturated rings. The summed E-state index contributed by atoms with van der Waals surface area (Å²) in [5, 5.41) is 1.98. The van der Waals surface area contributed by atoms with Crippen molar-refractivity contribution in [1.29, 1.82) is 0 Å². The summed E-state index contributed by atoms with van der Waals surface area (Å²) < 4.78 is 4.89. The van der Waals surface area contributed by atoms with E-state index in [0.29, 0.717) is 12.8 Å². The van der Waals surface area contributed by atoms with Crippen molar-refractivity contribution in [2.24, 2.45) is 5.92 Å². The molecule has 1 aliphatic rings. The molecule has 2 rings (SSSR count). The third-order valence-electron chi connectivity index (χ3n) is 5.46. The van der Waals surface area contributed by atoms with E-state index in [-0.39, 0.29) is 35.4 Å². The van der Waals surface area contributed by atoms with Crippen LogP contribution in [-0.2, 0) is 23.9 Å². The van der Waals surface area contributed by atoms with Crippen LogP contribution in [0.3, 0.4) is 0 Å². The lowest BCUT2D eigenvalue weighted by atomic mass is 10.0. The average molecular weight is 435 g/mol. The van der Waals surface area contributed by atoms with E-state index in [4.69, 9.17) is 4.74 Å². The molecule has 1 aromatic rings. The molecule has 1 saturated heterocycles. The molecule has 0 radical (unpaired) electrons. The maximum absolute atomic E-state index is 13.1. The lowest BCUT2D eigenvalue weighted by Crippen LogP contribution is -2.48. The Morgan fingerprint density at radius 3 is 2.43 bits per heavy atom. The topological polar surface area (TPSA) is 92.8 Å². The minimum Gasteiger partial charge on any atom is -0.467 e. The lowest BCUT2D eigenvalue weighted by molar-refractivity contribution is -0.152. The predicted octanol–water partition coefficient (Wildman–Crippen LogP) is 2.70. The van der Waals surface area contributed by atoms with E-state index in [2.05, 4.69) is 5.32 Å². The van der Waals surface area contributed by atoms with Crippen LogP contribution in [0.15, 0.2) is 30.3 Å². The van der Waals surface area contributed by atoms with Gasteiger partial charge in [0, 0.05) is 6.92 Å². The van der Waals surface area contributed by atoms with Crippen molar-refractivity contribution in [1.82, 2.24) is 10.2 Å². The van der Waals surface area contributed by atoms with E-state index >= 15 is 0 Å². The van der Waals surface area contributed by atoms with E-state index in [1.54, 1.807) is 0 Å². The smallest absolute Gasteiger partial charge is 0.328 e. The molecule has 164 valence electrons. The van der Waals surface area contributed by atoms with Crippen molar-refractivity contribution >= 4 is 34.7 Å². The van der Waals surface area contributed by atoms with Crippen LogP contribution in [0.5, 0.6) is 0 Å². The highest BCUT2D eigenvalue weighted by molar-refractivity contribution is 8.14. The summed E-state index contributed by atoms with van der Waals surface area (Å²) in [7, 11) is 1.30. The number of amides is 2. The van der Waals surface area contributed by atoms with Crippen LogP contribution < -0.4 is 5.32 Å². The highest BCUT2D eigenvalue weighted by Crippen LogP contribution is 2.36. The zero-order valence-corrected chi connectivity index (χ0v) is 18.7. The third-order valence-corrected chi connectivity index (χ3v) is 6.72. The van der Waals surface area contributed by atoms with Gasteiger partial charge in [0.15, 0.2) is 5.12 Å². The molecule has 30 heavy (non-hydrogen) atoms. The molecule has 8 heteroatoms. The number of carbonyl (C=O) groups excluding carboxylic acids is 4. The highest BCUT2D eigenvalue weighted by atomic mass is 32.2. The Hall–Kier alpha value is -2.35. The Balaban J connectivity index is 2.14. The van der Waals surface area contributed by atoms with Crippen molar-refractivity contribution in [2.75, 3.05) is 13.7 Å². The molecule has 1 heterocycles. The molecule has 0 aliphatic carbocycles. The fraction of sp³-hybridized carbons (Fsp3) is 0.545. The molecule has 0 bridgehead atoms. The number of hydrogen-bond acceptors (Lipinski definition) is 6. The number of carbonyl (C=O) groups is 4. The molecule has 1 aliphatic heterocycles. The van der Waals surface area contributed by atoms with Gasteiger partial charge in [0.1, 0.15) is 6.04 Å². The van der Waals surface area contributed by atoms with Crippen LogP contribution in [0.4, 0.5) is 0 Å². The third kappa shape index (κ3) is 5.84. The predicted molar refractivity (Wildman–Crippen MR) is 116 cm³/mol. The van der Waals surface area contributed by atoms with Gasteiger partial charge >= 0.3 is 5.97 Å². The van der Waals surface area contributed by atoms with E-state index in [9.17, 15) is 19.2 Å². The average Bonchev–Trinajstić information content (AvgIpc) is 3.20. The van der Waals surface area contributed by atoms with Gasteiger partial charge in [-0.2, -0.15) is 0 Å². The lowest BCUT2D eigenvalue weighted by Gasteiger charge is -2.30. The zero-order chi connectivity index (χ0) is 22.3. The number of hydrogen-bond donors (Lipinski definition) is 1. The monoisotopic (exact) mass is 434 g/mol. The van der Waals surface area contributed by atoms with Crippen molar-refractivity contribution in [3.05, 3.63) is 35.9 Å². The Morgan fingerprint density at radius 2 is 1.87 bits per heavy atom. The van der Waals surface area contributed by atoms with E-state index in [1.165, 1.54) is 18.9 Å². The number of thioether (sulfide) groups is 1. The maximum atomic E-state index is 13.1. The Kier molecular flexibility index (Phi) is 8.89. The van der Waals surface area contributed by atoms with Crippen molar-refractivity contribution in [3.63, 3.8) is 0 Å². The largest absolute Gasteiger partial charge is 0.467 e. The van der Waals surface area contributed by atoms with Gasteiger partial charge in [0.2, 0.25) is 11.8 Å². The molecule has 0 saturated carbocycles. The van der Waals surface area contributed by atoms with E-state index in [1.807, 2.05) is 44.2 Å². The summed E-state index contributed by atoms with van der Waals surface area (Å²) in [5.41, 5.74) is 0.938. The molecular weight excluding hydrogens is 404 g/mol. The normalized spacial score (nSPS) is 20.3. The van der Waals surface area contributed by atoms with E-state index in [0.717, 1.165) is 23.7 Å². The zero-order valence-electron chi connectivity index (χ0n) is 17.9. The maximum Gasteiger partial charge on any atom is 0.328 e. The summed E-state index contributed by atoms with van der Waals surface area (Å²) in [6, 6.07) is 8.59. The van der Waals surface area contributed by atoms with Gasteiger partial charge in [-0.1, -0.05) is 62.4 Å². The summed E-state index contributed by atoms with van der Waals surface area (Å²) in [5.74, 6) is -1.16. The van der Waals surface area contributed by atoms with Gasteiger partial charge in [-0.3, -0.25) is 14.4 Å². The van der Waals surface area contributed by atoms with E-state index < -0.39 is 17.3 Å². The molecule has 4 atom stereocenters. The first-order chi connectivity index (χ1) is 14.3. The summed E-state index contributed by atoms with van der Waals surface area (Å²) in [6.07, 6.45) is 1.87. The van der Waals surface area contributed by atoms with Crippen LogP contribution in [0, 0.1) is 5.92 Å². The van der Waals surface area contributed by atoms with Crippen molar-refractivity contribution in [2.45, 2.75) is 57.4 Å². The fourth-order valence-electron chi connectivity index (χ4n) is 3.70. The van der Waals surface area contributed by atoms with Gasteiger partial charge < -0.3 is 15.0 Å². The molecule has 7 nitrogen and oxygen atoms in total. The first kappa shape index (κ1) is 23.9. The van der Waals surface area contributed by atoms with Gasteiger partial charge in [-0.05, 0) is 24.3 Å². The number of benzene rings is 1. The second-order valence-electron chi connectivity index (χ2n) is 7.48. The van der Waals surface area contributed by atoms with Crippen molar-refractivity contribution in [3.8, 4) is 0 Å². The second kappa shape index (κ2) is 11.2. The Bertz CT molecular complexity index is 770. The van der Waals surface area contributed by atoms with Crippen LogP contribution in [0.1, 0.15) is 51.6 Å². The van der Waals surface area contributed by atoms with Crippen molar-refractivity contribution < 1.29 is 23.9 Å². The molecule has 1 N–H and O–H groups in total. The quantitative estimate of drug-likeness (QED) is 0.633. The van der Waals surface area contributed by atoms with Gasteiger partial charge in [-0.15, -0.1) is 0 Å². The Morgan fingerprint density at radius 1 is 1.20 bits per heavy atom. The number of nitrogens with one attached hydrogen (secondary N) is 1. The molecule has 0 unspecified atom stereocenters. The van der Waals surface area contributed by atoms with Gasteiger partial charge in [-0.25, -0.2) is 4.79 Å². The SMILES string of the molecule is CC[C@H](C)[C@H](SC(C)=O)C(=O)NCC(=O)N1[C@@H](c2ccccc2)CC[C@H]1C(=O)OC. The first-order valence-corrected chi connectivity index (χ1v) is 11.1. The molecule has 2 amide bonds. The van der Waals surface area contributed by atoms with Crippen LogP contribution in [0.25, 0.3) is 0 Å². The van der Waals surface area contributed by atoms with Gasteiger partial charge in [0.25, 0.3) is 0 Å². The number of rotatable bonds is 8. The fourth-order valence-corrected chi connectivity index (χ4v) is 4.68. The first-order valence-electron chi connectivity index (χ1n) is 10.2. The molecular formula is C22H30N2O5S. The highest BCUT2D eigenvalue weighted by Gasteiger charge is 2.42. The number of methoxy groups -OCH3 is 1. The van der Waals surface area contributed by atoms with Crippen LogP contribution in [-0.4, -0.2) is 52.7 Å². The molecule has 0 aromatic heterocycles. The summed E-state index contributed by atoms with van der Waals surface area (Å²) in [4.78, 5) is 51.1. The Labute approximate surface area is 181 Å².